The molecule has 0 spiro atoms. The van der Waals surface area contributed by atoms with Gasteiger partial charge in [0.1, 0.15) is 6.04 Å². The molecule has 1 aromatic carbocycles. The lowest BCUT2D eigenvalue weighted by Crippen LogP contribution is -2.51. The highest BCUT2D eigenvalue weighted by molar-refractivity contribution is 5.97. The lowest BCUT2D eigenvalue weighted by Gasteiger charge is -2.31. The van der Waals surface area contributed by atoms with Crippen molar-refractivity contribution in [3.05, 3.63) is 35.4 Å². The van der Waals surface area contributed by atoms with Gasteiger partial charge >= 0.3 is 0 Å². The van der Waals surface area contributed by atoms with E-state index in [9.17, 15) is 9.59 Å². The first-order valence-corrected chi connectivity index (χ1v) is 9.15. The third kappa shape index (κ3) is 5.08. The number of nitrogens with one attached hydrogen (secondary N) is 1. The summed E-state index contributed by atoms with van der Waals surface area (Å²) in [6, 6.07) is 6.99. The standard InChI is InChI=1S/C20H30N2O2/c1-15(2)18(20(24)22-13-7-5-4-6-8-14-22)21-19(23)17-11-9-16(3)10-12-17/h9-12,15,18H,4-8,13-14H2,1-3H3,(H,21,23). The molecule has 1 aliphatic heterocycles. The van der Waals surface area contributed by atoms with Gasteiger partial charge in [-0.3, -0.25) is 9.59 Å². The zero-order valence-corrected chi connectivity index (χ0v) is 15.2. The van der Waals surface area contributed by atoms with Crippen molar-refractivity contribution >= 4 is 11.8 Å². The normalized spacial score (nSPS) is 17.1. The van der Waals surface area contributed by atoms with Crippen molar-refractivity contribution < 1.29 is 9.59 Å². The van der Waals surface area contributed by atoms with Gasteiger partial charge in [0, 0.05) is 18.7 Å². The summed E-state index contributed by atoms with van der Waals surface area (Å²) >= 11 is 0. The molecule has 1 aliphatic rings. The van der Waals surface area contributed by atoms with Crippen LogP contribution < -0.4 is 5.32 Å². The van der Waals surface area contributed by atoms with Crippen LogP contribution in [0.2, 0.25) is 0 Å². The van der Waals surface area contributed by atoms with Gasteiger partial charge < -0.3 is 10.2 Å². The van der Waals surface area contributed by atoms with Crippen LogP contribution in [0.25, 0.3) is 0 Å². The summed E-state index contributed by atoms with van der Waals surface area (Å²) in [5.74, 6) is -0.0428. The van der Waals surface area contributed by atoms with E-state index < -0.39 is 6.04 Å². The number of carbonyl (C=O) groups is 2. The summed E-state index contributed by atoms with van der Waals surface area (Å²) in [7, 11) is 0. The molecule has 2 amide bonds. The van der Waals surface area contributed by atoms with Crippen LogP contribution in [-0.4, -0.2) is 35.8 Å². The molecule has 1 unspecified atom stereocenters. The minimum absolute atomic E-state index is 0.0624. The Morgan fingerprint density at radius 1 is 0.958 bits per heavy atom. The fourth-order valence-corrected chi connectivity index (χ4v) is 3.11. The Kier molecular flexibility index (Phi) is 6.83. The summed E-state index contributed by atoms with van der Waals surface area (Å²) in [5, 5.41) is 2.96. The molecule has 1 aromatic rings. The molecule has 0 radical (unpaired) electrons. The van der Waals surface area contributed by atoms with Crippen LogP contribution in [0.3, 0.4) is 0 Å². The van der Waals surface area contributed by atoms with Gasteiger partial charge in [-0.15, -0.1) is 0 Å². The zero-order valence-electron chi connectivity index (χ0n) is 15.2. The van der Waals surface area contributed by atoms with Gasteiger partial charge in [-0.05, 0) is 37.8 Å². The Bertz CT molecular complexity index is 543. The number of aryl methyl sites for hydroxylation is 1. The Morgan fingerprint density at radius 3 is 2.04 bits per heavy atom. The van der Waals surface area contributed by atoms with Crippen LogP contribution in [0, 0.1) is 12.8 Å². The van der Waals surface area contributed by atoms with Crippen molar-refractivity contribution in [3.63, 3.8) is 0 Å². The lowest BCUT2D eigenvalue weighted by molar-refractivity contribution is -0.134. The number of hydrogen-bond acceptors (Lipinski definition) is 2. The average molecular weight is 330 g/mol. The molecule has 1 fully saturated rings. The van der Waals surface area contributed by atoms with Gasteiger partial charge in [-0.1, -0.05) is 50.8 Å². The van der Waals surface area contributed by atoms with Crippen molar-refractivity contribution in [2.75, 3.05) is 13.1 Å². The van der Waals surface area contributed by atoms with Crippen molar-refractivity contribution in [2.45, 2.75) is 58.9 Å². The van der Waals surface area contributed by atoms with E-state index in [4.69, 9.17) is 0 Å². The second-order valence-corrected chi connectivity index (χ2v) is 7.15. The molecule has 24 heavy (non-hydrogen) atoms. The van der Waals surface area contributed by atoms with E-state index in [1.54, 1.807) is 0 Å². The fraction of sp³-hybridized carbons (Fsp3) is 0.600. The van der Waals surface area contributed by atoms with E-state index >= 15 is 0 Å². The average Bonchev–Trinajstić information content (AvgIpc) is 2.52. The molecule has 1 N–H and O–H groups in total. The van der Waals surface area contributed by atoms with Gasteiger partial charge in [0.2, 0.25) is 5.91 Å². The number of benzene rings is 1. The molecule has 0 saturated carbocycles. The van der Waals surface area contributed by atoms with Crippen LogP contribution in [-0.2, 0) is 4.79 Å². The molecular weight excluding hydrogens is 300 g/mol. The van der Waals surface area contributed by atoms with E-state index in [-0.39, 0.29) is 17.7 Å². The first kappa shape index (κ1) is 18.5. The Hall–Kier alpha value is -1.84. The fourth-order valence-electron chi connectivity index (χ4n) is 3.11. The van der Waals surface area contributed by atoms with E-state index in [2.05, 4.69) is 5.32 Å². The Balaban J connectivity index is 2.05. The molecule has 132 valence electrons. The maximum atomic E-state index is 12.9. The largest absolute Gasteiger partial charge is 0.341 e. The Morgan fingerprint density at radius 2 is 1.50 bits per heavy atom. The first-order chi connectivity index (χ1) is 11.5. The summed E-state index contributed by atoms with van der Waals surface area (Å²) in [4.78, 5) is 27.4. The minimum Gasteiger partial charge on any atom is -0.341 e. The van der Waals surface area contributed by atoms with E-state index in [1.165, 1.54) is 19.3 Å². The second kappa shape index (κ2) is 8.86. The van der Waals surface area contributed by atoms with Crippen LogP contribution >= 0.6 is 0 Å². The summed E-state index contributed by atoms with van der Waals surface area (Å²) in [6.45, 7) is 7.58. The van der Waals surface area contributed by atoms with Crippen LogP contribution in [0.4, 0.5) is 0 Å². The number of rotatable bonds is 4. The van der Waals surface area contributed by atoms with Crippen molar-refractivity contribution in [3.8, 4) is 0 Å². The topological polar surface area (TPSA) is 49.4 Å². The number of hydrogen-bond donors (Lipinski definition) is 1. The van der Waals surface area contributed by atoms with Gasteiger partial charge in [0.25, 0.3) is 5.91 Å². The number of nitrogens with zero attached hydrogens (tertiary/aromatic N) is 1. The first-order valence-electron chi connectivity index (χ1n) is 9.15. The van der Waals surface area contributed by atoms with E-state index in [1.807, 2.05) is 49.9 Å². The highest BCUT2D eigenvalue weighted by atomic mass is 16.2. The minimum atomic E-state index is -0.460. The highest BCUT2D eigenvalue weighted by Crippen LogP contribution is 2.14. The van der Waals surface area contributed by atoms with Gasteiger partial charge in [-0.25, -0.2) is 0 Å². The number of likely N-dealkylation sites (tertiary alicyclic amines) is 1. The molecular formula is C20H30N2O2. The maximum absolute atomic E-state index is 12.9. The predicted molar refractivity (Wildman–Crippen MR) is 96.9 cm³/mol. The van der Waals surface area contributed by atoms with Crippen molar-refractivity contribution in [1.29, 1.82) is 0 Å². The van der Waals surface area contributed by atoms with Crippen LogP contribution in [0.15, 0.2) is 24.3 Å². The van der Waals surface area contributed by atoms with Crippen molar-refractivity contribution in [1.82, 2.24) is 10.2 Å². The van der Waals surface area contributed by atoms with Crippen molar-refractivity contribution in [2.24, 2.45) is 5.92 Å². The summed E-state index contributed by atoms with van der Waals surface area (Å²) in [5.41, 5.74) is 1.72. The molecule has 1 heterocycles. The van der Waals surface area contributed by atoms with E-state index in [0.717, 1.165) is 31.5 Å². The molecule has 0 aliphatic carbocycles. The Labute approximate surface area is 145 Å². The second-order valence-electron chi connectivity index (χ2n) is 7.15. The maximum Gasteiger partial charge on any atom is 0.251 e. The molecule has 0 bridgehead atoms. The third-order valence-electron chi connectivity index (χ3n) is 4.70. The van der Waals surface area contributed by atoms with Crippen LogP contribution in [0.1, 0.15) is 61.9 Å². The monoisotopic (exact) mass is 330 g/mol. The number of amides is 2. The molecule has 4 nitrogen and oxygen atoms in total. The summed E-state index contributed by atoms with van der Waals surface area (Å²) < 4.78 is 0. The molecule has 2 rings (SSSR count). The smallest absolute Gasteiger partial charge is 0.251 e. The third-order valence-corrected chi connectivity index (χ3v) is 4.70. The van der Waals surface area contributed by atoms with Gasteiger partial charge in [-0.2, -0.15) is 0 Å². The molecule has 0 aromatic heterocycles. The van der Waals surface area contributed by atoms with Gasteiger partial charge in [0.15, 0.2) is 0 Å². The van der Waals surface area contributed by atoms with Crippen LogP contribution in [0.5, 0.6) is 0 Å². The molecule has 1 atom stereocenters. The molecule has 1 saturated heterocycles. The SMILES string of the molecule is Cc1ccc(C(=O)NC(C(=O)N2CCCCCCC2)C(C)C)cc1. The lowest BCUT2D eigenvalue weighted by atomic mass is 10.0. The quantitative estimate of drug-likeness (QED) is 0.918. The number of carbonyl (C=O) groups excluding carboxylic acids is 2. The van der Waals surface area contributed by atoms with E-state index in [0.29, 0.717) is 5.56 Å². The predicted octanol–water partition coefficient (Wildman–Crippen LogP) is 3.54. The highest BCUT2D eigenvalue weighted by Gasteiger charge is 2.28. The van der Waals surface area contributed by atoms with Gasteiger partial charge in [0.05, 0.1) is 0 Å². The molecule has 4 heteroatoms. The zero-order chi connectivity index (χ0) is 17.5. The summed E-state index contributed by atoms with van der Waals surface area (Å²) in [6.07, 6.45) is 5.75.